The lowest BCUT2D eigenvalue weighted by atomic mass is 9.83. The molecule has 2 heterocycles. The van der Waals surface area contributed by atoms with Crippen LogP contribution in [0.3, 0.4) is 0 Å². The zero-order valence-electron chi connectivity index (χ0n) is 14.3. The van der Waals surface area contributed by atoms with Crippen molar-refractivity contribution in [2.24, 2.45) is 16.1 Å². The average molecular weight is 332 g/mol. The van der Waals surface area contributed by atoms with E-state index in [-0.39, 0.29) is 12.0 Å². The van der Waals surface area contributed by atoms with E-state index >= 15 is 0 Å². The third-order valence-electron chi connectivity index (χ3n) is 5.32. The molecule has 1 aliphatic carbocycles. The predicted octanol–water partition coefficient (Wildman–Crippen LogP) is 0.856. The molecule has 0 atom stereocenters. The first-order valence-electron chi connectivity index (χ1n) is 8.90. The fraction of sp³-hybridized carbons (Fsp3) is 0.706. The first kappa shape index (κ1) is 17.0. The number of anilines is 1. The Balaban J connectivity index is 1.53. The summed E-state index contributed by atoms with van der Waals surface area (Å²) in [5, 5.41) is 9.34. The molecule has 0 radical (unpaired) electrons. The van der Waals surface area contributed by atoms with Crippen LogP contribution >= 0.6 is 0 Å². The molecule has 0 unspecified atom stereocenters. The van der Waals surface area contributed by atoms with Crippen LogP contribution in [0.25, 0.3) is 0 Å². The molecule has 0 aromatic carbocycles. The number of rotatable bonds is 5. The third-order valence-corrected chi connectivity index (χ3v) is 5.32. The summed E-state index contributed by atoms with van der Waals surface area (Å²) in [5.74, 6) is 1.41. The summed E-state index contributed by atoms with van der Waals surface area (Å²) in [6.07, 6.45) is 9.17. The van der Waals surface area contributed by atoms with Crippen LogP contribution in [0.5, 0.6) is 0 Å². The second-order valence-electron chi connectivity index (χ2n) is 6.88. The number of nitrogens with two attached hydrogens (primary N) is 1. The molecule has 132 valence electrons. The Morgan fingerprint density at radius 2 is 1.83 bits per heavy atom. The molecular formula is C17H28N6O. The fourth-order valence-corrected chi connectivity index (χ4v) is 3.79. The highest BCUT2D eigenvalue weighted by Gasteiger charge is 2.33. The maximum atomic E-state index is 9.34. The van der Waals surface area contributed by atoms with E-state index in [1.165, 1.54) is 12.8 Å². The van der Waals surface area contributed by atoms with Gasteiger partial charge in [0.25, 0.3) is 0 Å². The smallest absolute Gasteiger partial charge is 0.225 e. The van der Waals surface area contributed by atoms with Gasteiger partial charge in [0.05, 0.1) is 0 Å². The van der Waals surface area contributed by atoms with E-state index in [9.17, 15) is 5.11 Å². The van der Waals surface area contributed by atoms with Crippen LogP contribution in [0.1, 0.15) is 32.1 Å². The standard InChI is InChI=1S/C17H28N6O/c18-15(21-14-17(6-13-24)4-1-2-5-17)22-9-11-23(12-10-22)16-19-7-3-8-20-16/h3,7-8,24H,1-2,4-6,9-14H2,(H2,18,21). The minimum absolute atomic E-state index is 0.166. The summed E-state index contributed by atoms with van der Waals surface area (Å²) in [4.78, 5) is 17.6. The van der Waals surface area contributed by atoms with Crippen LogP contribution < -0.4 is 10.6 Å². The van der Waals surface area contributed by atoms with Gasteiger partial charge in [0.1, 0.15) is 0 Å². The highest BCUT2D eigenvalue weighted by atomic mass is 16.3. The first-order valence-corrected chi connectivity index (χ1v) is 8.90. The number of guanidine groups is 1. The zero-order chi connectivity index (χ0) is 16.8. The van der Waals surface area contributed by atoms with Crippen molar-refractivity contribution in [2.45, 2.75) is 32.1 Å². The maximum absolute atomic E-state index is 9.34. The number of aliphatic imine (C=N–C) groups is 1. The van der Waals surface area contributed by atoms with Crippen molar-refractivity contribution in [1.29, 1.82) is 0 Å². The van der Waals surface area contributed by atoms with E-state index in [0.717, 1.165) is 57.9 Å². The van der Waals surface area contributed by atoms with Gasteiger partial charge in [-0.3, -0.25) is 4.99 Å². The average Bonchev–Trinajstić information content (AvgIpc) is 3.10. The second-order valence-corrected chi connectivity index (χ2v) is 6.88. The Kier molecular flexibility index (Phi) is 5.50. The summed E-state index contributed by atoms with van der Waals surface area (Å²) >= 11 is 0. The molecular weight excluding hydrogens is 304 g/mol. The molecule has 0 bridgehead atoms. The monoisotopic (exact) mass is 332 g/mol. The Hall–Kier alpha value is -1.89. The van der Waals surface area contributed by atoms with Crippen molar-refractivity contribution in [1.82, 2.24) is 14.9 Å². The molecule has 1 aliphatic heterocycles. The van der Waals surface area contributed by atoms with Crippen LogP contribution in [0.2, 0.25) is 0 Å². The molecule has 2 aliphatic rings. The van der Waals surface area contributed by atoms with Crippen molar-refractivity contribution in [3.63, 3.8) is 0 Å². The Labute approximate surface area is 143 Å². The number of piperazine rings is 1. The molecule has 3 rings (SSSR count). The number of aromatic nitrogens is 2. The van der Waals surface area contributed by atoms with Gasteiger partial charge >= 0.3 is 0 Å². The van der Waals surface area contributed by atoms with Gasteiger partial charge in [-0.1, -0.05) is 12.8 Å². The Morgan fingerprint density at radius 1 is 1.17 bits per heavy atom. The van der Waals surface area contributed by atoms with Gasteiger partial charge in [-0.05, 0) is 30.7 Å². The number of aliphatic hydroxyl groups is 1. The molecule has 1 aromatic rings. The number of nitrogens with zero attached hydrogens (tertiary/aromatic N) is 5. The zero-order valence-corrected chi connectivity index (χ0v) is 14.3. The first-order chi connectivity index (χ1) is 11.7. The van der Waals surface area contributed by atoms with E-state index < -0.39 is 0 Å². The Morgan fingerprint density at radius 3 is 2.46 bits per heavy atom. The van der Waals surface area contributed by atoms with E-state index in [4.69, 9.17) is 5.73 Å². The van der Waals surface area contributed by atoms with Crippen LogP contribution in [0, 0.1) is 5.41 Å². The second kappa shape index (κ2) is 7.79. The minimum Gasteiger partial charge on any atom is -0.396 e. The quantitative estimate of drug-likeness (QED) is 0.614. The molecule has 3 N–H and O–H groups in total. The van der Waals surface area contributed by atoms with Gasteiger partial charge in [-0.2, -0.15) is 0 Å². The van der Waals surface area contributed by atoms with Crippen molar-refractivity contribution >= 4 is 11.9 Å². The largest absolute Gasteiger partial charge is 0.396 e. The van der Waals surface area contributed by atoms with E-state index in [1.807, 2.05) is 6.07 Å². The SMILES string of the molecule is NC(=NCC1(CCO)CCCC1)N1CCN(c2ncccn2)CC1. The predicted molar refractivity (Wildman–Crippen MR) is 94.9 cm³/mol. The Bertz CT molecular complexity index is 535. The van der Waals surface area contributed by atoms with Gasteiger partial charge in [0.2, 0.25) is 5.95 Å². The highest BCUT2D eigenvalue weighted by Crippen LogP contribution is 2.41. The third kappa shape index (κ3) is 3.95. The molecule has 0 amide bonds. The van der Waals surface area contributed by atoms with Gasteiger partial charge < -0.3 is 20.6 Å². The molecule has 24 heavy (non-hydrogen) atoms. The molecule has 1 saturated heterocycles. The molecule has 0 spiro atoms. The van der Waals surface area contributed by atoms with Gasteiger partial charge in [-0.25, -0.2) is 9.97 Å². The molecule has 1 saturated carbocycles. The van der Waals surface area contributed by atoms with Crippen LogP contribution in [-0.4, -0.2) is 65.3 Å². The fourth-order valence-electron chi connectivity index (χ4n) is 3.79. The maximum Gasteiger partial charge on any atom is 0.225 e. The van der Waals surface area contributed by atoms with Gasteiger partial charge in [-0.15, -0.1) is 0 Å². The van der Waals surface area contributed by atoms with E-state index in [1.54, 1.807) is 12.4 Å². The summed E-state index contributed by atoms with van der Waals surface area (Å²) in [7, 11) is 0. The van der Waals surface area contributed by atoms with Gasteiger partial charge in [0.15, 0.2) is 5.96 Å². The summed E-state index contributed by atoms with van der Waals surface area (Å²) in [6.45, 7) is 4.35. The molecule has 7 heteroatoms. The normalized spacial score (nSPS) is 21.3. The van der Waals surface area contributed by atoms with E-state index in [0.29, 0.717) is 5.96 Å². The summed E-state index contributed by atoms with van der Waals surface area (Å²) < 4.78 is 0. The van der Waals surface area contributed by atoms with Crippen LogP contribution in [0.15, 0.2) is 23.5 Å². The van der Waals surface area contributed by atoms with Gasteiger partial charge in [0, 0.05) is 51.7 Å². The number of hydrogen-bond donors (Lipinski definition) is 2. The molecule has 1 aromatic heterocycles. The van der Waals surface area contributed by atoms with Crippen molar-refractivity contribution in [2.75, 3.05) is 44.2 Å². The number of hydrogen-bond acceptors (Lipinski definition) is 5. The minimum atomic E-state index is 0.166. The van der Waals surface area contributed by atoms with Crippen LogP contribution in [-0.2, 0) is 0 Å². The lowest BCUT2D eigenvalue weighted by Gasteiger charge is -2.35. The molecule has 2 fully saturated rings. The van der Waals surface area contributed by atoms with Crippen molar-refractivity contribution in [3.8, 4) is 0 Å². The van der Waals surface area contributed by atoms with Crippen LogP contribution in [0.4, 0.5) is 5.95 Å². The van der Waals surface area contributed by atoms with Crippen molar-refractivity contribution in [3.05, 3.63) is 18.5 Å². The number of aliphatic hydroxyl groups excluding tert-OH is 1. The van der Waals surface area contributed by atoms with Crippen molar-refractivity contribution < 1.29 is 5.11 Å². The van der Waals surface area contributed by atoms with E-state index in [2.05, 4.69) is 24.8 Å². The molecule has 7 nitrogen and oxygen atoms in total. The topological polar surface area (TPSA) is 90.9 Å². The lowest BCUT2D eigenvalue weighted by Crippen LogP contribution is -2.51. The summed E-state index contributed by atoms with van der Waals surface area (Å²) in [6, 6.07) is 1.83. The summed E-state index contributed by atoms with van der Waals surface area (Å²) in [5.41, 5.74) is 6.40. The lowest BCUT2D eigenvalue weighted by molar-refractivity contribution is 0.190. The highest BCUT2D eigenvalue weighted by molar-refractivity contribution is 5.78.